The molecule has 0 N–H and O–H groups in total. The molecule has 3 nitrogen and oxygen atoms in total. The maximum absolute atomic E-state index is 12.3. The zero-order valence-electron chi connectivity index (χ0n) is 14.8. The first-order chi connectivity index (χ1) is 10.9. The van der Waals surface area contributed by atoms with E-state index >= 15 is 0 Å². The Morgan fingerprint density at radius 1 is 1.00 bits per heavy atom. The van der Waals surface area contributed by atoms with E-state index in [-0.39, 0.29) is 23.6 Å². The Morgan fingerprint density at radius 2 is 1.83 bits per heavy atom. The second kappa shape index (κ2) is 4.33. The van der Waals surface area contributed by atoms with Crippen LogP contribution in [0.5, 0.6) is 0 Å². The highest BCUT2D eigenvalue weighted by atomic mass is 16.7. The van der Waals surface area contributed by atoms with Crippen LogP contribution in [0.3, 0.4) is 0 Å². The fourth-order valence-corrected chi connectivity index (χ4v) is 8.14. The fraction of sp³-hybridized carbons (Fsp3) is 0.950. The molecule has 2 saturated heterocycles. The van der Waals surface area contributed by atoms with E-state index in [0.717, 1.165) is 18.9 Å². The van der Waals surface area contributed by atoms with Gasteiger partial charge in [0.05, 0.1) is 12.5 Å². The highest BCUT2D eigenvalue weighted by molar-refractivity contribution is 5.75. The Labute approximate surface area is 139 Å². The maximum Gasteiger partial charge on any atom is 0.311 e. The Hall–Kier alpha value is -0.570. The van der Waals surface area contributed by atoms with E-state index in [2.05, 4.69) is 20.8 Å². The molecular formula is C20H30O3. The molecule has 3 heteroatoms. The van der Waals surface area contributed by atoms with Gasteiger partial charge in [0.1, 0.15) is 0 Å². The predicted octanol–water partition coefficient (Wildman–Crippen LogP) is 4.15. The standard InChI is InChI=1S/C20H30O3/c1-18(2)8-4-9-19(3)14(18)7-10-20-13-11-22-17(20)23-16(21)12(13)5-6-15(19)20/h12-15,17H,4-11H2,1-3H3/t12-,13-,14+,15?,17?,19+,20-/m1/s1. The summed E-state index contributed by atoms with van der Waals surface area (Å²) >= 11 is 0. The van der Waals surface area contributed by atoms with Gasteiger partial charge in [-0.2, -0.15) is 0 Å². The fourth-order valence-electron chi connectivity index (χ4n) is 8.14. The van der Waals surface area contributed by atoms with Crippen LogP contribution in [-0.4, -0.2) is 18.9 Å². The summed E-state index contributed by atoms with van der Waals surface area (Å²) in [4.78, 5) is 12.3. The summed E-state index contributed by atoms with van der Waals surface area (Å²) in [7, 11) is 0. The molecule has 7 atom stereocenters. The van der Waals surface area contributed by atoms with E-state index in [9.17, 15) is 4.79 Å². The Kier molecular flexibility index (Phi) is 2.78. The van der Waals surface area contributed by atoms with Crippen LogP contribution < -0.4 is 0 Å². The smallest absolute Gasteiger partial charge is 0.311 e. The molecule has 0 radical (unpaired) electrons. The number of hydrogen-bond acceptors (Lipinski definition) is 3. The summed E-state index contributed by atoms with van der Waals surface area (Å²) in [6, 6.07) is 0. The quantitative estimate of drug-likeness (QED) is 0.629. The number of hydrogen-bond donors (Lipinski definition) is 0. The van der Waals surface area contributed by atoms with Crippen molar-refractivity contribution in [3.05, 3.63) is 0 Å². The number of carbonyl (C=O) groups excluding carboxylic acids is 1. The number of carbonyl (C=O) groups is 1. The summed E-state index contributed by atoms with van der Waals surface area (Å²) in [5, 5.41) is 0. The predicted molar refractivity (Wildman–Crippen MR) is 86.4 cm³/mol. The number of rotatable bonds is 0. The second-order valence-electron chi connectivity index (χ2n) is 10.00. The molecule has 2 unspecified atom stereocenters. The van der Waals surface area contributed by atoms with Crippen LogP contribution in [-0.2, 0) is 14.3 Å². The highest BCUT2D eigenvalue weighted by Crippen LogP contribution is 2.72. The van der Waals surface area contributed by atoms with E-state index in [1.807, 2.05) is 0 Å². The Bertz CT molecular complexity index is 555. The average Bonchev–Trinajstić information content (AvgIpc) is 2.72. The van der Waals surface area contributed by atoms with Crippen LogP contribution in [0.1, 0.15) is 65.7 Å². The van der Waals surface area contributed by atoms with Crippen molar-refractivity contribution in [3.63, 3.8) is 0 Å². The van der Waals surface area contributed by atoms with E-state index in [4.69, 9.17) is 9.47 Å². The summed E-state index contributed by atoms with van der Waals surface area (Å²) in [6.45, 7) is 8.30. The van der Waals surface area contributed by atoms with Crippen molar-refractivity contribution < 1.29 is 14.3 Å². The van der Waals surface area contributed by atoms with Crippen molar-refractivity contribution in [3.8, 4) is 0 Å². The van der Waals surface area contributed by atoms with Crippen molar-refractivity contribution in [2.45, 2.75) is 72.0 Å². The van der Waals surface area contributed by atoms with E-state index in [1.54, 1.807) is 0 Å². The lowest BCUT2D eigenvalue weighted by Gasteiger charge is -2.67. The van der Waals surface area contributed by atoms with Gasteiger partial charge in [0.2, 0.25) is 6.29 Å². The molecule has 0 aromatic heterocycles. The minimum absolute atomic E-state index is 0.0258. The molecule has 1 spiro atoms. The number of esters is 1. The molecule has 4 bridgehead atoms. The number of fused-ring (bicyclic) bond motifs is 2. The van der Waals surface area contributed by atoms with Gasteiger partial charge in [0, 0.05) is 11.3 Å². The van der Waals surface area contributed by atoms with Gasteiger partial charge in [-0.1, -0.05) is 27.2 Å². The maximum atomic E-state index is 12.3. The molecule has 128 valence electrons. The van der Waals surface area contributed by atoms with Crippen molar-refractivity contribution in [2.24, 2.45) is 39.9 Å². The first-order valence-corrected chi connectivity index (χ1v) is 9.72. The molecule has 5 fully saturated rings. The first-order valence-electron chi connectivity index (χ1n) is 9.72. The normalized spacial score (nSPS) is 56.5. The highest BCUT2D eigenvalue weighted by Gasteiger charge is 2.72. The lowest BCUT2D eigenvalue weighted by atomic mass is 9.38. The minimum atomic E-state index is -0.246. The van der Waals surface area contributed by atoms with Crippen molar-refractivity contribution >= 4 is 5.97 Å². The summed E-state index contributed by atoms with van der Waals surface area (Å²) in [5.74, 6) is 2.05. The average molecular weight is 318 g/mol. The van der Waals surface area contributed by atoms with Crippen LogP contribution >= 0.6 is 0 Å². The lowest BCUT2D eigenvalue weighted by molar-refractivity contribution is -0.263. The summed E-state index contributed by atoms with van der Waals surface area (Å²) in [6.07, 6.45) is 8.56. The molecule has 0 aromatic rings. The van der Waals surface area contributed by atoms with Gasteiger partial charge in [0.15, 0.2) is 0 Å². The Morgan fingerprint density at radius 3 is 2.65 bits per heavy atom. The van der Waals surface area contributed by atoms with Crippen LogP contribution in [0.15, 0.2) is 0 Å². The summed E-state index contributed by atoms with van der Waals surface area (Å²) in [5.41, 5.74) is 0.991. The third-order valence-corrected chi connectivity index (χ3v) is 8.92. The summed E-state index contributed by atoms with van der Waals surface area (Å²) < 4.78 is 11.9. The van der Waals surface area contributed by atoms with Crippen LogP contribution in [0, 0.1) is 39.9 Å². The monoisotopic (exact) mass is 318 g/mol. The van der Waals surface area contributed by atoms with Gasteiger partial charge in [0.25, 0.3) is 0 Å². The van der Waals surface area contributed by atoms with Gasteiger partial charge in [-0.05, 0) is 61.2 Å². The van der Waals surface area contributed by atoms with Gasteiger partial charge >= 0.3 is 5.97 Å². The number of ether oxygens (including phenoxy) is 2. The molecule has 23 heavy (non-hydrogen) atoms. The van der Waals surface area contributed by atoms with Gasteiger partial charge in [-0.25, -0.2) is 0 Å². The first kappa shape index (κ1) is 14.7. The molecule has 3 aliphatic carbocycles. The zero-order chi connectivity index (χ0) is 16.0. The van der Waals surface area contributed by atoms with Gasteiger partial charge in [-0.15, -0.1) is 0 Å². The van der Waals surface area contributed by atoms with Crippen molar-refractivity contribution in [2.75, 3.05) is 6.61 Å². The van der Waals surface area contributed by atoms with E-state index in [0.29, 0.717) is 22.7 Å². The Balaban J connectivity index is 1.61. The zero-order valence-corrected chi connectivity index (χ0v) is 14.8. The minimum Gasteiger partial charge on any atom is -0.435 e. The topological polar surface area (TPSA) is 35.5 Å². The van der Waals surface area contributed by atoms with Gasteiger partial charge < -0.3 is 9.47 Å². The lowest BCUT2D eigenvalue weighted by Crippen LogP contribution is -2.65. The molecule has 0 amide bonds. The van der Waals surface area contributed by atoms with E-state index in [1.165, 1.54) is 38.5 Å². The van der Waals surface area contributed by atoms with Crippen LogP contribution in [0.25, 0.3) is 0 Å². The van der Waals surface area contributed by atoms with Crippen LogP contribution in [0.2, 0.25) is 0 Å². The third kappa shape index (κ3) is 1.59. The molecule has 3 saturated carbocycles. The third-order valence-electron chi connectivity index (χ3n) is 8.92. The molecule has 5 aliphatic rings. The second-order valence-corrected chi connectivity index (χ2v) is 10.00. The molecule has 2 heterocycles. The molecule has 5 rings (SSSR count). The largest absolute Gasteiger partial charge is 0.435 e. The molecular weight excluding hydrogens is 288 g/mol. The SMILES string of the molecule is CC1(C)CCC[C@]2(C)C3CC[C@H]4C(=O)OC5OC[C@H]4[C@@]53CC[C@@H]12. The van der Waals surface area contributed by atoms with Crippen LogP contribution in [0.4, 0.5) is 0 Å². The van der Waals surface area contributed by atoms with Crippen molar-refractivity contribution in [1.82, 2.24) is 0 Å². The van der Waals surface area contributed by atoms with E-state index < -0.39 is 0 Å². The van der Waals surface area contributed by atoms with Gasteiger partial charge in [-0.3, -0.25) is 4.79 Å². The molecule has 2 aliphatic heterocycles. The van der Waals surface area contributed by atoms with Crippen molar-refractivity contribution in [1.29, 1.82) is 0 Å². The molecule has 0 aromatic carbocycles.